The van der Waals surface area contributed by atoms with Crippen molar-refractivity contribution in [2.45, 2.75) is 13.8 Å². The fraction of sp³-hybridized carbons (Fsp3) is 0.286. The molecule has 148 valence electrons. The van der Waals surface area contributed by atoms with Gasteiger partial charge in [0, 0.05) is 50.3 Å². The molecule has 1 aromatic carbocycles. The summed E-state index contributed by atoms with van der Waals surface area (Å²) in [5, 5.41) is 3.29. The topological polar surface area (TPSA) is 87.1 Å². The SMILES string of the molecule is Cc1cccc(Nc2cc(C(=O)N3CCN(c4ncccn4)CC3)ncn2)c1C. The lowest BCUT2D eigenvalue weighted by molar-refractivity contribution is 0.0740. The number of rotatable bonds is 4. The Kier molecular flexibility index (Phi) is 5.33. The summed E-state index contributed by atoms with van der Waals surface area (Å²) in [6.45, 7) is 6.70. The average Bonchev–Trinajstić information content (AvgIpc) is 2.77. The molecule has 0 bridgehead atoms. The maximum atomic E-state index is 12.9. The molecule has 8 heteroatoms. The number of carbonyl (C=O) groups is 1. The van der Waals surface area contributed by atoms with Crippen LogP contribution in [0.25, 0.3) is 0 Å². The maximum Gasteiger partial charge on any atom is 0.272 e. The lowest BCUT2D eigenvalue weighted by Crippen LogP contribution is -2.49. The summed E-state index contributed by atoms with van der Waals surface area (Å²) in [7, 11) is 0. The van der Waals surface area contributed by atoms with Crippen molar-refractivity contribution in [3.8, 4) is 0 Å². The van der Waals surface area contributed by atoms with E-state index >= 15 is 0 Å². The van der Waals surface area contributed by atoms with E-state index in [1.807, 2.05) is 17.0 Å². The number of piperazine rings is 1. The molecule has 0 spiro atoms. The van der Waals surface area contributed by atoms with E-state index in [2.05, 4.69) is 50.1 Å². The molecule has 0 radical (unpaired) electrons. The van der Waals surface area contributed by atoms with E-state index in [9.17, 15) is 4.79 Å². The summed E-state index contributed by atoms with van der Waals surface area (Å²) in [5.41, 5.74) is 3.70. The minimum absolute atomic E-state index is 0.0926. The van der Waals surface area contributed by atoms with Gasteiger partial charge in [0.2, 0.25) is 5.95 Å². The monoisotopic (exact) mass is 389 g/mol. The van der Waals surface area contributed by atoms with E-state index in [0.29, 0.717) is 43.6 Å². The molecule has 0 aliphatic carbocycles. The predicted octanol–water partition coefficient (Wildman–Crippen LogP) is 2.59. The highest BCUT2D eigenvalue weighted by atomic mass is 16.2. The Balaban J connectivity index is 1.43. The molecule has 0 unspecified atom stereocenters. The van der Waals surface area contributed by atoms with E-state index in [1.165, 1.54) is 11.9 Å². The van der Waals surface area contributed by atoms with Crippen LogP contribution in [0, 0.1) is 13.8 Å². The molecule has 1 aliphatic heterocycles. The van der Waals surface area contributed by atoms with E-state index in [-0.39, 0.29) is 5.91 Å². The number of anilines is 3. The Morgan fingerprint density at radius 3 is 2.48 bits per heavy atom. The molecule has 1 fully saturated rings. The molecule has 8 nitrogen and oxygen atoms in total. The maximum absolute atomic E-state index is 12.9. The molecular formula is C21H23N7O. The molecule has 1 N–H and O–H groups in total. The molecule has 4 rings (SSSR count). The van der Waals surface area contributed by atoms with Crippen molar-refractivity contribution in [2.75, 3.05) is 36.4 Å². The van der Waals surface area contributed by atoms with Crippen molar-refractivity contribution in [1.29, 1.82) is 0 Å². The van der Waals surface area contributed by atoms with Crippen molar-refractivity contribution in [3.63, 3.8) is 0 Å². The molecular weight excluding hydrogens is 366 g/mol. The number of carbonyl (C=O) groups excluding carboxylic acids is 1. The van der Waals surface area contributed by atoms with Crippen LogP contribution in [0.4, 0.5) is 17.5 Å². The van der Waals surface area contributed by atoms with Crippen molar-refractivity contribution in [2.24, 2.45) is 0 Å². The first-order valence-electron chi connectivity index (χ1n) is 9.58. The van der Waals surface area contributed by atoms with Gasteiger partial charge in [-0.05, 0) is 37.1 Å². The van der Waals surface area contributed by atoms with Crippen molar-refractivity contribution >= 4 is 23.4 Å². The van der Waals surface area contributed by atoms with E-state index < -0.39 is 0 Å². The first kappa shape index (κ1) is 18.8. The molecule has 0 saturated carbocycles. The van der Waals surface area contributed by atoms with Gasteiger partial charge in [-0.25, -0.2) is 19.9 Å². The molecule has 1 aliphatic rings. The van der Waals surface area contributed by atoms with Crippen LogP contribution in [0.3, 0.4) is 0 Å². The van der Waals surface area contributed by atoms with Gasteiger partial charge >= 0.3 is 0 Å². The van der Waals surface area contributed by atoms with E-state index in [1.54, 1.807) is 24.5 Å². The zero-order chi connectivity index (χ0) is 20.2. The first-order chi connectivity index (χ1) is 14.1. The number of nitrogens with one attached hydrogen (secondary N) is 1. The Hall–Kier alpha value is -3.55. The second kappa shape index (κ2) is 8.22. The number of aromatic nitrogens is 4. The van der Waals surface area contributed by atoms with Crippen LogP contribution in [0.15, 0.2) is 49.1 Å². The third-order valence-corrected chi connectivity index (χ3v) is 5.16. The first-order valence-corrected chi connectivity index (χ1v) is 9.58. The van der Waals surface area contributed by atoms with Crippen molar-refractivity contribution in [3.05, 3.63) is 65.9 Å². The van der Waals surface area contributed by atoms with Crippen LogP contribution in [0.1, 0.15) is 21.6 Å². The number of nitrogens with zero attached hydrogens (tertiary/aromatic N) is 6. The molecule has 29 heavy (non-hydrogen) atoms. The van der Waals surface area contributed by atoms with E-state index in [4.69, 9.17) is 0 Å². The van der Waals surface area contributed by atoms with Gasteiger partial charge in [-0.3, -0.25) is 4.79 Å². The zero-order valence-corrected chi connectivity index (χ0v) is 16.5. The minimum Gasteiger partial charge on any atom is -0.340 e. The summed E-state index contributed by atoms with van der Waals surface area (Å²) < 4.78 is 0. The van der Waals surface area contributed by atoms with Gasteiger partial charge in [0.15, 0.2) is 0 Å². The Morgan fingerprint density at radius 1 is 0.966 bits per heavy atom. The second-order valence-corrected chi connectivity index (χ2v) is 6.99. The fourth-order valence-electron chi connectivity index (χ4n) is 3.29. The summed E-state index contributed by atoms with van der Waals surface area (Å²) in [6.07, 6.45) is 4.88. The summed E-state index contributed by atoms with van der Waals surface area (Å²) >= 11 is 0. The third kappa shape index (κ3) is 4.16. The molecule has 1 saturated heterocycles. The van der Waals surface area contributed by atoms with Gasteiger partial charge in [-0.1, -0.05) is 12.1 Å². The van der Waals surface area contributed by atoms with Gasteiger partial charge in [-0.15, -0.1) is 0 Å². The summed E-state index contributed by atoms with van der Waals surface area (Å²) in [4.78, 5) is 33.8. The molecule has 1 amide bonds. The number of benzene rings is 1. The Labute approximate surface area is 169 Å². The molecule has 2 aromatic heterocycles. The third-order valence-electron chi connectivity index (χ3n) is 5.16. The quantitative estimate of drug-likeness (QED) is 0.734. The van der Waals surface area contributed by atoms with Gasteiger partial charge in [-0.2, -0.15) is 0 Å². The highest BCUT2D eigenvalue weighted by molar-refractivity contribution is 5.93. The average molecular weight is 389 g/mol. The number of hydrogen-bond acceptors (Lipinski definition) is 7. The molecule has 0 atom stereocenters. The van der Waals surface area contributed by atoms with Gasteiger partial charge in [0.25, 0.3) is 5.91 Å². The van der Waals surface area contributed by atoms with Crippen LogP contribution in [0.5, 0.6) is 0 Å². The highest BCUT2D eigenvalue weighted by Crippen LogP contribution is 2.22. The number of aryl methyl sites for hydroxylation is 1. The Morgan fingerprint density at radius 2 is 1.72 bits per heavy atom. The Bertz CT molecular complexity index is 1000. The lowest BCUT2D eigenvalue weighted by Gasteiger charge is -2.34. The normalized spacial score (nSPS) is 14.0. The lowest BCUT2D eigenvalue weighted by atomic mass is 10.1. The van der Waals surface area contributed by atoms with Crippen molar-refractivity contribution < 1.29 is 4.79 Å². The highest BCUT2D eigenvalue weighted by Gasteiger charge is 2.24. The fourth-order valence-corrected chi connectivity index (χ4v) is 3.29. The van der Waals surface area contributed by atoms with Crippen LogP contribution >= 0.6 is 0 Å². The van der Waals surface area contributed by atoms with Crippen LogP contribution in [-0.2, 0) is 0 Å². The van der Waals surface area contributed by atoms with Crippen LogP contribution in [-0.4, -0.2) is 56.9 Å². The van der Waals surface area contributed by atoms with Crippen LogP contribution < -0.4 is 10.2 Å². The smallest absolute Gasteiger partial charge is 0.272 e. The second-order valence-electron chi connectivity index (χ2n) is 6.99. The van der Waals surface area contributed by atoms with Gasteiger partial charge in [0.1, 0.15) is 17.8 Å². The van der Waals surface area contributed by atoms with Crippen LogP contribution in [0.2, 0.25) is 0 Å². The summed E-state index contributed by atoms with van der Waals surface area (Å²) in [6, 6.07) is 9.55. The predicted molar refractivity (Wildman–Crippen MR) is 111 cm³/mol. The van der Waals surface area contributed by atoms with Crippen molar-refractivity contribution in [1.82, 2.24) is 24.8 Å². The summed E-state index contributed by atoms with van der Waals surface area (Å²) in [5.74, 6) is 1.21. The molecule has 3 heterocycles. The number of amides is 1. The van der Waals surface area contributed by atoms with Gasteiger partial charge < -0.3 is 15.1 Å². The number of hydrogen-bond donors (Lipinski definition) is 1. The zero-order valence-electron chi connectivity index (χ0n) is 16.5. The largest absolute Gasteiger partial charge is 0.340 e. The van der Waals surface area contributed by atoms with E-state index in [0.717, 1.165) is 11.3 Å². The van der Waals surface area contributed by atoms with Gasteiger partial charge in [0.05, 0.1) is 0 Å². The minimum atomic E-state index is -0.0926. The standard InChI is InChI=1S/C21H23N7O/c1-15-5-3-6-17(16(15)2)26-19-13-18(24-14-25-19)20(29)27-9-11-28(12-10-27)21-22-7-4-8-23-21/h3-8,13-14H,9-12H2,1-2H3,(H,24,25,26). The molecule has 3 aromatic rings.